The van der Waals surface area contributed by atoms with Gasteiger partial charge in [-0.2, -0.15) is 0 Å². The molecular weight excluding hydrogens is 455 g/mol. The largest absolute Gasteiger partial charge is 0.493 e. The van der Waals surface area contributed by atoms with Crippen LogP contribution in [0.5, 0.6) is 5.75 Å². The molecule has 1 aromatic carbocycles. The van der Waals surface area contributed by atoms with Gasteiger partial charge in [0.25, 0.3) is 0 Å². The number of nitrogens with zero attached hydrogens (tertiary/aromatic N) is 2. The van der Waals surface area contributed by atoms with Crippen LogP contribution >= 0.6 is 24.0 Å². The van der Waals surface area contributed by atoms with Crippen LogP contribution in [0.1, 0.15) is 44.1 Å². The van der Waals surface area contributed by atoms with E-state index in [2.05, 4.69) is 34.7 Å². The fourth-order valence-corrected chi connectivity index (χ4v) is 3.60. The molecule has 3 rings (SSSR count). The van der Waals surface area contributed by atoms with Gasteiger partial charge in [0, 0.05) is 37.7 Å². The number of guanidine groups is 1. The van der Waals surface area contributed by atoms with Crippen molar-refractivity contribution < 1.29 is 9.53 Å². The lowest BCUT2D eigenvalue weighted by Gasteiger charge is -2.25. The number of likely N-dealkylation sites (N-methyl/N-ethyl adjacent to an activating group) is 1. The zero-order valence-electron chi connectivity index (χ0n) is 16.4. The highest BCUT2D eigenvalue weighted by Gasteiger charge is 2.29. The Kier molecular flexibility index (Phi) is 8.19. The minimum Gasteiger partial charge on any atom is -0.493 e. The van der Waals surface area contributed by atoms with Gasteiger partial charge in [-0.1, -0.05) is 31.0 Å². The van der Waals surface area contributed by atoms with Crippen molar-refractivity contribution >= 4 is 35.8 Å². The van der Waals surface area contributed by atoms with Crippen LogP contribution in [0.25, 0.3) is 0 Å². The van der Waals surface area contributed by atoms with Gasteiger partial charge in [0.15, 0.2) is 5.96 Å². The van der Waals surface area contributed by atoms with Crippen LogP contribution in [0.2, 0.25) is 0 Å². The summed E-state index contributed by atoms with van der Waals surface area (Å²) in [6.07, 6.45) is 4.82. The lowest BCUT2D eigenvalue weighted by molar-refractivity contribution is -0.127. The fourth-order valence-electron chi connectivity index (χ4n) is 3.60. The molecule has 150 valence electrons. The van der Waals surface area contributed by atoms with Crippen LogP contribution in [0.4, 0.5) is 0 Å². The molecule has 2 N–H and O–H groups in total. The van der Waals surface area contributed by atoms with Crippen LogP contribution in [-0.2, 0) is 4.79 Å². The summed E-state index contributed by atoms with van der Waals surface area (Å²) in [7, 11) is 3.51. The molecule has 1 aromatic rings. The molecule has 1 saturated carbocycles. The lowest BCUT2D eigenvalue weighted by Crippen LogP contribution is -2.48. The number of aliphatic imine (C=N–C) groups is 1. The summed E-state index contributed by atoms with van der Waals surface area (Å²) in [5.74, 6) is 1.96. The maximum absolute atomic E-state index is 11.9. The summed E-state index contributed by atoms with van der Waals surface area (Å²) in [6, 6.07) is 8.79. The van der Waals surface area contributed by atoms with E-state index >= 15 is 0 Å². The number of amides is 1. The van der Waals surface area contributed by atoms with Gasteiger partial charge < -0.3 is 20.3 Å². The molecule has 1 aliphatic carbocycles. The maximum atomic E-state index is 11.9. The van der Waals surface area contributed by atoms with Crippen molar-refractivity contribution in [2.75, 3.05) is 27.2 Å². The van der Waals surface area contributed by atoms with E-state index in [1.165, 1.54) is 18.4 Å². The molecule has 1 fully saturated rings. The van der Waals surface area contributed by atoms with E-state index in [1.54, 1.807) is 19.0 Å². The minimum absolute atomic E-state index is 0. The molecule has 1 heterocycles. The Balaban J connectivity index is 0.00000261. The number of benzene rings is 1. The van der Waals surface area contributed by atoms with E-state index in [0.29, 0.717) is 12.6 Å². The molecule has 6 nitrogen and oxygen atoms in total. The molecule has 2 aliphatic rings. The summed E-state index contributed by atoms with van der Waals surface area (Å²) in [5.41, 5.74) is 1.23. The van der Waals surface area contributed by atoms with Crippen molar-refractivity contribution in [3.63, 3.8) is 0 Å². The van der Waals surface area contributed by atoms with E-state index in [1.807, 2.05) is 12.1 Å². The van der Waals surface area contributed by atoms with Gasteiger partial charge in [0.1, 0.15) is 12.3 Å². The number of para-hydroxylation sites is 1. The molecule has 2 unspecified atom stereocenters. The Labute approximate surface area is 179 Å². The summed E-state index contributed by atoms with van der Waals surface area (Å²) in [6.45, 7) is 2.97. The van der Waals surface area contributed by atoms with Gasteiger partial charge in [-0.05, 0) is 25.8 Å². The normalized spacial score (nSPS) is 20.3. The van der Waals surface area contributed by atoms with Crippen LogP contribution in [0.3, 0.4) is 0 Å². The first-order chi connectivity index (χ1) is 12.5. The Morgan fingerprint density at radius 3 is 2.70 bits per heavy atom. The second-order valence-electron chi connectivity index (χ2n) is 7.47. The second-order valence-corrected chi connectivity index (χ2v) is 7.47. The van der Waals surface area contributed by atoms with Crippen molar-refractivity contribution in [3.05, 3.63) is 29.8 Å². The minimum atomic E-state index is -0.000259. The highest BCUT2D eigenvalue weighted by molar-refractivity contribution is 14.0. The second kappa shape index (κ2) is 10.1. The predicted molar refractivity (Wildman–Crippen MR) is 119 cm³/mol. The van der Waals surface area contributed by atoms with Crippen LogP contribution in [-0.4, -0.2) is 56.1 Å². The first-order valence-corrected chi connectivity index (χ1v) is 9.54. The van der Waals surface area contributed by atoms with E-state index in [9.17, 15) is 4.79 Å². The number of hydrogen-bond donors (Lipinski definition) is 2. The lowest BCUT2D eigenvalue weighted by atomic mass is 9.94. The number of fused-ring (bicyclic) bond motifs is 1. The molecule has 0 saturated heterocycles. The maximum Gasteiger partial charge on any atom is 0.243 e. The number of nitrogens with one attached hydrogen (secondary N) is 2. The number of carbonyl (C=O) groups is 1. The number of carbonyl (C=O) groups excluding carboxylic acids is 1. The molecular formula is C20H31IN4O2. The monoisotopic (exact) mass is 486 g/mol. The van der Waals surface area contributed by atoms with Gasteiger partial charge in [-0.15, -0.1) is 24.0 Å². The zero-order valence-corrected chi connectivity index (χ0v) is 18.7. The SMILES string of the molecule is CC(NC(=NCC(=O)N(C)C)NC1CCCC1)C1COc2ccccc21.I. The number of rotatable bonds is 5. The third-order valence-electron chi connectivity index (χ3n) is 5.27. The van der Waals surface area contributed by atoms with Crippen LogP contribution in [0, 0.1) is 0 Å². The van der Waals surface area contributed by atoms with Crippen molar-refractivity contribution in [2.24, 2.45) is 4.99 Å². The molecule has 1 amide bonds. The topological polar surface area (TPSA) is 66.0 Å². The standard InChI is InChI=1S/C20H30N4O2.HI/c1-14(17-13-26-18-11-7-6-10-16(17)18)22-20(21-12-19(25)24(2)3)23-15-8-4-5-9-15;/h6-7,10-11,14-15,17H,4-5,8-9,12-13H2,1-3H3,(H2,21,22,23);1H. The summed E-state index contributed by atoms with van der Waals surface area (Å²) in [5, 5.41) is 7.03. The van der Waals surface area contributed by atoms with Gasteiger partial charge in [-0.3, -0.25) is 4.79 Å². The summed E-state index contributed by atoms with van der Waals surface area (Å²) >= 11 is 0. The van der Waals surface area contributed by atoms with Crippen molar-refractivity contribution in [3.8, 4) is 5.75 Å². The van der Waals surface area contributed by atoms with E-state index in [0.717, 1.165) is 24.6 Å². The quantitative estimate of drug-likeness (QED) is 0.382. The number of halogens is 1. The summed E-state index contributed by atoms with van der Waals surface area (Å²) in [4.78, 5) is 18.0. The first kappa shape index (κ1) is 21.8. The Morgan fingerprint density at radius 2 is 2.00 bits per heavy atom. The molecule has 7 heteroatoms. The molecule has 0 radical (unpaired) electrons. The average Bonchev–Trinajstić information content (AvgIpc) is 3.28. The molecule has 2 atom stereocenters. The summed E-state index contributed by atoms with van der Waals surface area (Å²) < 4.78 is 5.82. The third-order valence-corrected chi connectivity index (χ3v) is 5.27. The first-order valence-electron chi connectivity index (χ1n) is 9.54. The Hall–Kier alpha value is -1.51. The Bertz CT molecular complexity index is 659. The number of ether oxygens (including phenoxy) is 1. The predicted octanol–water partition coefficient (Wildman–Crippen LogP) is 2.74. The van der Waals surface area contributed by atoms with Gasteiger partial charge in [0.2, 0.25) is 5.91 Å². The van der Waals surface area contributed by atoms with Crippen molar-refractivity contribution in [1.29, 1.82) is 0 Å². The number of hydrogen-bond acceptors (Lipinski definition) is 3. The zero-order chi connectivity index (χ0) is 18.5. The van der Waals surface area contributed by atoms with Gasteiger partial charge in [-0.25, -0.2) is 4.99 Å². The van der Waals surface area contributed by atoms with Gasteiger partial charge in [0.05, 0.1) is 6.61 Å². The Morgan fingerprint density at radius 1 is 1.30 bits per heavy atom. The molecule has 0 spiro atoms. The van der Waals surface area contributed by atoms with Gasteiger partial charge >= 0.3 is 0 Å². The fraction of sp³-hybridized carbons (Fsp3) is 0.600. The molecule has 0 bridgehead atoms. The highest BCUT2D eigenvalue weighted by Crippen LogP contribution is 2.35. The highest BCUT2D eigenvalue weighted by atomic mass is 127. The molecule has 0 aromatic heterocycles. The van der Waals surface area contributed by atoms with Crippen LogP contribution in [0.15, 0.2) is 29.3 Å². The average molecular weight is 486 g/mol. The van der Waals surface area contributed by atoms with Crippen molar-refractivity contribution in [1.82, 2.24) is 15.5 Å². The smallest absolute Gasteiger partial charge is 0.243 e. The van der Waals surface area contributed by atoms with E-state index < -0.39 is 0 Å². The van der Waals surface area contributed by atoms with Crippen LogP contribution < -0.4 is 15.4 Å². The van der Waals surface area contributed by atoms with E-state index in [-0.39, 0.29) is 48.4 Å². The third kappa shape index (κ3) is 5.73. The van der Waals surface area contributed by atoms with E-state index in [4.69, 9.17) is 4.74 Å². The molecule has 27 heavy (non-hydrogen) atoms. The molecule has 1 aliphatic heterocycles. The van der Waals surface area contributed by atoms with Crippen molar-refractivity contribution in [2.45, 2.75) is 50.6 Å².